The van der Waals surface area contributed by atoms with E-state index in [0.29, 0.717) is 31.6 Å². The average molecular weight is 616 g/mol. The van der Waals surface area contributed by atoms with Gasteiger partial charge >= 0.3 is 0 Å². The predicted octanol–water partition coefficient (Wildman–Crippen LogP) is 2.32. The summed E-state index contributed by atoms with van der Waals surface area (Å²) in [4.78, 5) is 61.3. The summed E-state index contributed by atoms with van der Waals surface area (Å²) in [5, 5.41) is 7.78. The van der Waals surface area contributed by atoms with Gasteiger partial charge in [0.05, 0.1) is 13.2 Å². The Bertz CT molecular complexity index is 972. The van der Waals surface area contributed by atoms with E-state index < -0.39 is 11.9 Å². The summed E-state index contributed by atoms with van der Waals surface area (Å²) in [6, 6.07) is 6.37. The number of rotatable bonds is 13. The minimum absolute atomic E-state index is 0.204. The van der Waals surface area contributed by atoms with Crippen molar-refractivity contribution in [2.75, 3.05) is 25.5 Å². The van der Waals surface area contributed by atoms with Crippen LogP contribution in [0.4, 0.5) is 5.69 Å². The number of carbonyl (C=O) groups excluding carboxylic acids is 5. The zero-order valence-corrected chi connectivity index (χ0v) is 22.7. The molecule has 0 aliphatic carbocycles. The molecule has 2 rings (SSSR count). The number of anilines is 1. The quantitative estimate of drug-likeness (QED) is 0.230. The number of imide groups is 1. The molecule has 1 atom stereocenters. The minimum Gasteiger partial charge on any atom is -0.380 e. The number of hydrogen-bond acceptors (Lipinski definition) is 6. The molecule has 190 valence electrons. The minimum atomic E-state index is -0.788. The predicted molar refractivity (Wildman–Crippen MR) is 136 cm³/mol. The molecule has 0 spiro atoms. The van der Waals surface area contributed by atoms with Gasteiger partial charge in [-0.3, -0.25) is 28.9 Å². The molecule has 10 nitrogen and oxygen atoms in total. The van der Waals surface area contributed by atoms with Crippen LogP contribution in [0.25, 0.3) is 0 Å². The smallest absolute Gasteiger partial charge is 0.269 e. The van der Waals surface area contributed by atoms with E-state index in [1.165, 1.54) is 0 Å². The number of methoxy groups -OCH3 is 1. The summed E-state index contributed by atoms with van der Waals surface area (Å²) in [6.45, 7) is 2.05. The Hall–Kier alpha value is -2.57. The third-order valence-electron chi connectivity index (χ3n) is 5.09. The summed E-state index contributed by atoms with van der Waals surface area (Å²) in [6.07, 6.45) is 1.94. The number of nitrogens with one attached hydrogen (secondary N) is 3. The number of halogens is 2. The van der Waals surface area contributed by atoms with Gasteiger partial charge in [0, 0.05) is 25.8 Å². The fourth-order valence-corrected chi connectivity index (χ4v) is 3.95. The molecule has 0 fully saturated rings. The van der Waals surface area contributed by atoms with E-state index >= 15 is 0 Å². The third kappa shape index (κ3) is 8.86. The van der Waals surface area contributed by atoms with Crippen LogP contribution in [0.2, 0.25) is 0 Å². The van der Waals surface area contributed by atoms with Crippen LogP contribution in [0, 0.1) is 0 Å². The molecule has 0 saturated carbocycles. The molecule has 1 aliphatic heterocycles. The van der Waals surface area contributed by atoms with Gasteiger partial charge in [0.2, 0.25) is 17.7 Å². The SMILES string of the molecule is COCc1ccc(NC(=O)C(C)NC(=O)CNC(=O)CCCCCN2C(=O)C(Br)=C(Br)C2=O)cc1. The molecule has 3 N–H and O–H groups in total. The van der Waals surface area contributed by atoms with Crippen molar-refractivity contribution >= 4 is 67.1 Å². The Kier molecular flexibility index (Phi) is 11.5. The molecule has 1 heterocycles. The lowest BCUT2D eigenvalue weighted by atomic mass is 10.2. The van der Waals surface area contributed by atoms with Gasteiger partial charge in [0.1, 0.15) is 15.0 Å². The summed E-state index contributed by atoms with van der Waals surface area (Å²) < 4.78 is 5.47. The van der Waals surface area contributed by atoms with E-state index in [1.807, 2.05) is 12.1 Å². The number of hydrogen-bond donors (Lipinski definition) is 3. The number of carbonyl (C=O) groups is 5. The molecular formula is C23H28Br2N4O6. The van der Waals surface area contributed by atoms with Crippen molar-refractivity contribution in [3.05, 3.63) is 38.8 Å². The average Bonchev–Trinajstić information content (AvgIpc) is 3.01. The monoisotopic (exact) mass is 614 g/mol. The zero-order chi connectivity index (χ0) is 26.0. The van der Waals surface area contributed by atoms with E-state index in [9.17, 15) is 24.0 Å². The van der Waals surface area contributed by atoms with Gasteiger partial charge in [-0.15, -0.1) is 0 Å². The van der Waals surface area contributed by atoms with Crippen LogP contribution in [0.15, 0.2) is 33.2 Å². The highest BCUT2D eigenvalue weighted by molar-refractivity contribution is 9.14. The molecule has 0 saturated heterocycles. The van der Waals surface area contributed by atoms with Crippen molar-refractivity contribution in [1.82, 2.24) is 15.5 Å². The van der Waals surface area contributed by atoms with Gasteiger partial charge in [-0.25, -0.2) is 0 Å². The second-order valence-corrected chi connectivity index (χ2v) is 9.47. The lowest BCUT2D eigenvalue weighted by Crippen LogP contribution is -2.45. The molecule has 0 radical (unpaired) electrons. The summed E-state index contributed by atoms with van der Waals surface area (Å²) in [5.41, 5.74) is 1.57. The fourth-order valence-electron chi connectivity index (χ4n) is 3.18. The first-order valence-corrected chi connectivity index (χ1v) is 12.6. The summed E-state index contributed by atoms with van der Waals surface area (Å²) >= 11 is 6.15. The first-order valence-electron chi connectivity index (χ1n) is 11.0. The Labute approximate surface area is 220 Å². The maximum absolute atomic E-state index is 12.3. The van der Waals surface area contributed by atoms with Crippen LogP contribution in [0.3, 0.4) is 0 Å². The van der Waals surface area contributed by atoms with Gasteiger partial charge < -0.3 is 20.7 Å². The van der Waals surface area contributed by atoms with Crippen LogP contribution in [-0.2, 0) is 35.3 Å². The van der Waals surface area contributed by atoms with Crippen molar-refractivity contribution < 1.29 is 28.7 Å². The molecule has 0 aromatic heterocycles. The standard InChI is InChI=1S/C23H28Br2N4O6/c1-14(21(32)28-16-9-7-15(8-10-16)13-35-2)27-18(31)12-26-17(30)6-4-3-5-11-29-22(33)19(24)20(25)23(29)34/h7-10,14H,3-6,11-13H2,1-2H3,(H,26,30)(H,27,31)(H,28,32). The highest BCUT2D eigenvalue weighted by atomic mass is 79.9. The number of ether oxygens (including phenoxy) is 1. The number of unbranched alkanes of at least 4 members (excludes halogenated alkanes) is 2. The van der Waals surface area contributed by atoms with E-state index in [0.717, 1.165) is 10.5 Å². The van der Waals surface area contributed by atoms with Gasteiger partial charge in [-0.1, -0.05) is 18.6 Å². The Balaban J connectivity index is 1.59. The first kappa shape index (κ1) is 28.7. The third-order valence-corrected chi connectivity index (χ3v) is 7.10. The van der Waals surface area contributed by atoms with E-state index in [2.05, 4.69) is 47.8 Å². The second-order valence-electron chi connectivity index (χ2n) is 7.89. The van der Waals surface area contributed by atoms with Crippen molar-refractivity contribution in [2.24, 2.45) is 0 Å². The first-order chi connectivity index (χ1) is 16.6. The normalized spacial score (nSPS) is 14.2. The number of benzene rings is 1. The number of amides is 5. The summed E-state index contributed by atoms with van der Waals surface area (Å²) in [7, 11) is 1.60. The van der Waals surface area contributed by atoms with Crippen LogP contribution in [-0.4, -0.2) is 60.7 Å². The van der Waals surface area contributed by atoms with Crippen molar-refractivity contribution in [1.29, 1.82) is 0 Å². The van der Waals surface area contributed by atoms with Gasteiger partial charge in [0.25, 0.3) is 11.8 Å². The zero-order valence-electron chi connectivity index (χ0n) is 19.5. The maximum Gasteiger partial charge on any atom is 0.269 e. The van der Waals surface area contributed by atoms with Crippen LogP contribution < -0.4 is 16.0 Å². The van der Waals surface area contributed by atoms with Crippen molar-refractivity contribution in [3.63, 3.8) is 0 Å². The highest BCUT2D eigenvalue weighted by Gasteiger charge is 2.35. The van der Waals surface area contributed by atoms with E-state index in [4.69, 9.17) is 4.74 Å². The largest absolute Gasteiger partial charge is 0.380 e. The Morgan fingerprint density at radius 3 is 2.20 bits per heavy atom. The number of nitrogens with zero attached hydrogens (tertiary/aromatic N) is 1. The lowest BCUT2D eigenvalue weighted by Gasteiger charge is -2.15. The topological polar surface area (TPSA) is 134 Å². The van der Waals surface area contributed by atoms with Gasteiger partial charge in [0.15, 0.2) is 0 Å². The van der Waals surface area contributed by atoms with E-state index in [1.54, 1.807) is 26.2 Å². The molecule has 5 amide bonds. The second kappa shape index (κ2) is 14.1. The molecular weight excluding hydrogens is 588 g/mol. The van der Waals surface area contributed by atoms with Gasteiger partial charge in [-0.2, -0.15) is 0 Å². The molecule has 1 aliphatic rings. The summed E-state index contributed by atoms with van der Waals surface area (Å²) in [5.74, 6) is -1.92. The lowest BCUT2D eigenvalue weighted by molar-refractivity contribution is -0.137. The van der Waals surface area contributed by atoms with E-state index in [-0.39, 0.29) is 52.1 Å². The Morgan fingerprint density at radius 2 is 1.60 bits per heavy atom. The molecule has 1 aromatic rings. The van der Waals surface area contributed by atoms with Crippen LogP contribution in [0.1, 0.15) is 38.2 Å². The van der Waals surface area contributed by atoms with Crippen molar-refractivity contribution in [2.45, 2.75) is 45.3 Å². The fraction of sp³-hybridized carbons (Fsp3) is 0.435. The van der Waals surface area contributed by atoms with Gasteiger partial charge in [-0.05, 0) is 69.3 Å². The van der Waals surface area contributed by atoms with Crippen molar-refractivity contribution in [3.8, 4) is 0 Å². The maximum atomic E-state index is 12.3. The van der Waals surface area contributed by atoms with Crippen LogP contribution in [0.5, 0.6) is 0 Å². The molecule has 12 heteroatoms. The highest BCUT2D eigenvalue weighted by Crippen LogP contribution is 2.29. The molecule has 35 heavy (non-hydrogen) atoms. The molecule has 0 bridgehead atoms. The molecule has 1 unspecified atom stereocenters. The van der Waals surface area contributed by atoms with Crippen LogP contribution >= 0.6 is 31.9 Å². The Morgan fingerprint density at radius 1 is 0.971 bits per heavy atom. The molecule has 1 aromatic carbocycles.